The van der Waals surface area contributed by atoms with Crippen LogP contribution in [0.4, 0.5) is 16.2 Å². The highest BCUT2D eigenvalue weighted by molar-refractivity contribution is 7.93. The van der Waals surface area contributed by atoms with Crippen molar-refractivity contribution in [3.63, 3.8) is 0 Å². The highest BCUT2D eigenvalue weighted by atomic mass is 32.2. The summed E-state index contributed by atoms with van der Waals surface area (Å²) >= 11 is 0. The minimum atomic E-state index is -4.53. The lowest BCUT2D eigenvalue weighted by atomic mass is 10.3. The molecule has 0 heterocycles. The van der Waals surface area contributed by atoms with Crippen molar-refractivity contribution in [3.8, 4) is 0 Å². The molecule has 0 radical (unpaired) electrons. The Morgan fingerprint density at radius 1 is 1.12 bits per heavy atom. The SMILES string of the molecule is CCOC(=O)N(c1ccccc1)S(=O)(=O)c1ccccc1[N+](=O)[O-]. The van der Waals surface area contributed by atoms with Gasteiger partial charge < -0.3 is 4.74 Å². The van der Waals surface area contributed by atoms with E-state index in [-0.39, 0.29) is 12.3 Å². The van der Waals surface area contributed by atoms with Crippen LogP contribution in [-0.4, -0.2) is 26.0 Å². The average Bonchev–Trinajstić information content (AvgIpc) is 2.56. The number of nitro benzene ring substituents is 1. The van der Waals surface area contributed by atoms with Crippen LogP contribution in [0.1, 0.15) is 6.92 Å². The molecule has 126 valence electrons. The molecule has 0 fully saturated rings. The Hall–Kier alpha value is -2.94. The molecule has 0 aliphatic carbocycles. The van der Waals surface area contributed by atoms with Gasteiger partial charge in [-0.15, -0.1) is 0 Å². The van der Waals surface area contributed by atoms with Gasteiger partial charge in [0.2, 0.25) is 0 Å². The molecule has 8 nitrogen and oxygen atoms in total. The molecule has 0 aliphatic heterocycles. The molecule has 2 aromatic rings. The Morgan fingerprint density at radius 2 is 1.71 bits per heavy atom. The van der Waals surface area contributed by atoms with Gasteiger partial charge >= 0.3 is 6.09 Å². The highest BCUT2D eigenvalue weighted by Crippen LogP contribution is 2.30. The van der Waals surface area contributed by atoms with Crippen LogP contribution in [-0.2, 0) is 14.8 Å². The van der Waals surface area contributed by atoms with E-state index in [1.165, 1.54) is 43.3 Å². The van der Waals surface area contributed by atoms with Gasteiger partial charge in [0.15, 0.2) is 4.90 Å². The zero-order valence-corrected chi connectivity index (χ0v) is 13.5. The zero-order valence-electron chi connectivity index (χ0n) is 12.7. The number of rotatable bonds is 5. The summed E-state index contributed by atoms with van der Waals surface area (Å²) in [5.41, 5.74) is -0.600. The largest absolute Gasteiger partial charge is 0.449 e. The number of sulfonamides is 1. The molecule has 0 saturated carbocycles. The fourth-order valence-corrected chi connectivity index (χ4v) is 3.51. The fraction of sp³-hybridized carbons (Fsp3) is 0.133. The van der Waals surface area contributed by atoms with Crippen LogP contribution in [0, 0.1) is 10.1 Å². The fourth-order valence-electron chi connectivity index (χ4n) is 2.01. The predicted molar refractivity (Wildman–Crippen MR) is 86.2 cm³/mol. The molecule has 0 spiro atoms. The van der Waals surface area contributed by atoms with Crippen molar-refractivity contribution in [1.29, 1.82) is 0 Å². The van der Waals surface area contributed by atoms with Gasteiger partial charge in [0.1, 0.15) is 0 Å². The first kappa shape index (κ1) is 17.4. The maximum atomic E-state index is 12.9. The van der Waals surface area contributed by atoms with Gasteiger partial charge in [0, 0.05) is 6.07 Å². The zero-order chi connectivity index (χ0) is 17.7. The number of hydrogen-bond donors (Lipinski definition) is 0. The standard InChI is InChI=1S/C15H14N2O6S/c1-2-23-15(18)16(12-8-4-3-5-9-12)24(21,22)14-11-7-6-10-13(14)17(19)20/h3-11H,2H2,1H3. The smallest absolute Gasteiger partial charge is 0.428 e. The molecule has 0 aliphatic rings. The number of hydrogen-bond acceptors (Lipinski definition) is 6. The molecule has 0 N–H and O–H groups in total. The third-order valence-corrected chi connectivity index (χ3v) is 4.75. The third-order valence-electron chi connectivity index (χ3n) is 3.00. The van der Waals surface area contributed by atoms with Crippen molar-refractivity contribution in [2.24, 2.45) is 0 Å². The predicted octanol–water partition coefficient (Wildman–Crippen LogP) is 2.95. The van der Waals surface area contributed by atoms with E-state index in [4.69, 9.17) is 4.74 Å². The summed E-state index contributed by atoms with van der Waals surface area (Å²) in [4.78, 5) is 21.9. The number of para-hydroxylation sites is 2. The molecule has 0 unspecified atom stereocenters. The summed E-state index contributed by atoms with van der Waals surface area (Å²) in [6.45, 7) is 1.48. The number of carbonyl (C=O) groups excluding carboxylic acids is 1. The normalized spacial score (nSPS) is 10.9. The minimum Gasteiger partial charge on any atom is -0.449 e. The summed E-state index contributed by atoms with van der Waals surface area (Å²) in [5.74, 6) is 0. The van der Waals surface area contributed by atoms with E-state index in [0.717, 1.165) is 12.1 Å². The van der Waals surface area contributed by atoms with E-state index in [9.17, 15) is 23.3 Å². The molecule has 9 heteroatoms. The Morgan fingerprint density at radius 3 is 2.29 bits per heavy atom. The first-order valence-electron chi connectivity index (χ1n) is 6.90. The van der Waals surface area contributed by atoms with E-state index in [0.29, 0.717) is 4.31 Å². The quantitative estimate of drug-likeness (QED) is 0.606. The highest BCUT2D eigenvalue weighted by Gasteiger charge is 2.36. The summed E-state index contributed by atoms with van der Waals surface area (Å²) < 4.78 is 31.0. The molecule has 2 aromatic carbocycles. The van der Waals surface area contributed by atoms with Gasteiger partial charge in [-0.1, -0.05) is 30.3 Å². The first-order valence-corrected chi connectivity index (χ1v) is 8.34. The van der Waals surface area contributed by atoms with Crippen molar-refractivity contribution >= 4 is 27.5 Å². The molecule has 0 bridgehead atoms. The molecular weight excluding hydrogens is 336 g/mol. The van der Waals surface area contributed by atoms with Gasteiger partial charge in [-0.3, -0.25) is 10.1 Å². The molecule has 2 rings (SSSR count). The lowest BCUT2D eigenvalue weighted by Gasteiger charge is -2.21. The lowest BCUT2D eigenvalue weighted by molar-refractivity contribution is -0.387. The number of nitrogens with zero attached hydrogens (tertiary/aromatic N) is 2. The van der Waals surface area contributed by atoms with Crippen molar-refractivity contribution in [2.45, 2.75) is 11.8 Å². The topological polar surface area (TPSA) is 107 Å². The monoisotopic (exact) mass is 350 g/mol. The van der Waals surface area contributed by atoms with Crippen LogP contribution < -0.4 is 4.31 Å². The number of anilines is 1. The Labute approximate surface area is 138 Å². The van der Waals surface area contributed by atoms with Gasteiger partial charge in [-0.05, 0) is 25.1 Å². The molecule has 1 amide bonds. The Kier molecular flexibility index (Phi) is 5.14. The van der Waals surface area contributed by atoms with Crippen molar-refractivity contribution < 1.29 is 22.9 Å². The third kappa shape index (κ3) is 3.35. The summed E-state index contributed by atoms with van der Waals surface area (Å²) in [6.07, 6.45) is -1.14. The van der Waals surface area contributed by atoms with Crippen molar-refractivity contribution in [2.75, 3.05) is 10.9 Å². The number of benzene rings is 2. The second-order valence-corrected chi connectivity index (χ2v) is 6.28. The number of ether oxygens (including phenoxy) is 1. The van der Waals surface area contributed by atoms with Crippen LogP contribution in [0.2, 0.25) is 0 Å². The van der Waals surface area contributed by atoms with Gasteiger partial charge in [0.25, 0.3) is 15.7 Å². The Balaban J connectivity index is 2.65. The number of amides is 1. The average molecular weight is 350 g/mol. The van der Waals surface area contributed by atoms with Crippen molar-refractivity contribution in [1.82, 2.24) is 0 Å². The number of nitro groups is 1. The van der Waals surface area contributed by atoms with Crippen LogP contribution in [0.25, 0.3) is 0 Å². The van der Waals surface area contributed by atoms with Gasteiger partial charge in [-0.2, -0.15) is 4.31 Å². The van der Waals surface area contributed by atoms with E-state index in [1.807, 2.05) is 0 Å². The Bertz CT molecular complexity index is 851. The summed E-state index contributed by atoms with van der Waals surface area (Å²) in [7, 11) is -4.53. The lowest BCUT2D eigenvalue weighted by Crippen LogP contribution is -2.37. The van der Waals surface area contributed by atoms with E-state index >= 15 is 0 Å². The summed E-state index contributed by atoms with van der Waals surface area (Å²) in [5, 5.41) is 11.1. The molecular formula is C15H14N2O6S. The van der Waals surface area contributed by atoms with Crippen molar-refractivity contribution in [3.05, 3.63) is 64.7 Å². The van der Waals surface area contributed by atoms with Gasteiger partial charge in [-0.25, -0.2) is 13.2 Å². The first-order chi connectivity index (χ1) is 11.4. The van der Waals surface area contributed by atoms with Crippen LogP contribution in [0.5, 0.6) is 0 Å². The van der Waals surface area contributed by atoms with Crippen LogP contribution >= 0.6 is 0 Å². The van der Waals surface area contributed by atoms with E-state index in [1.54, 1.807) is 6.07 Å². The maximum absolute atomic E-state index is 12.9. The maximum Gasteiger partial charge on any atom is 0.428 e. The van der Waals surface area contributed by atoms with E-state index < -0.39 is 31.6 Å². The van der Waals surface area contributed by atoms with Crippen LogP contribution in [0.3, 0.4) is 0 Å². The molecule has 0 aromatic heterocycles. The summed E-state index contributed by atoms with van der Waals surface area (Å²) in [6, 6.07) is 12.3. The van der Waals surface area contributed by atoms with Gasteiger partial charge in [0.05, 0.1) is 17.2 Å². The number of carbonyl (C=O) groups is 1. The second-order valence-electron chi connectivity index (χ2n) is 4.53. The molecule has 0 saturated heterocycles. The van der Waals surface area contributed by atoms with Crippen LogP contribution in [0.15, 0.2) is 59.5 Å². The van der Waals surface area contributed by atoms with E-state index in [2.05, 4.69) is 0 Å². The molecule has 0 atom stereocenters. The molecule has 24 heavy (non-hydrogen) atoms. The second kappa shape index (κ2) is 7.09. The minimum absolute atomic E-state index is 0.0223.